The van der Waals surface area contributed by atoms with Gasteiger partial charge in [0.15, 0.2) is 5.82 Å². The molecule has 0 aliphatic heterocycles. The van der Waals surface area contributed by atoms with Crippen molar-refractivity contribution < 1.29 is 18.0 Å². The summed E-state index contributed by atoms with van der Waals surface area (Å²) in [5, 5.41) is 4.20. The van der Waals surface area contributed by atoms with Crippen molar-refractivity contribution in [1.82, 2.24) is 14.8 Å². The minimum absolute atomic E-state index is 0.163. The van der Waals surface area contributed by atoms with Crippen molar-refractivity contribution in [1.29, 1.82) is 0 Å². The second-order valence-corrected chi connectivity index (χ2v) is 4.96. The Morgan fingerprint density at radius 3 is 2.62 bits per heavy atom. The van der Waals surface area contributed by atoms with E-state index in [1.165, 1.54) is 41.3 Å². The van der Waals surface area contributed by atoms with E-state index in [1.807, 2.05) is 0 Å². The van der Waals surface area contributed by atoms with Gasteiger partial charge in [-0.1, -0.05) is 12.1 Å². The fraction of sp³-hybridized carbons (Fsp3) is 0.0625. The summed E-state index contributed by atoms with van der Waals surface area (Å²) in [7, 11) is 0. The number of rotatable bonds is 3. The fourth-order valence-corrected chi connectivity index (χ4v) is 2.22. The van der Waals surface area contributed by atoms with Gasteiger partial charge in [-0.25, -0.2) is 9.67 Å². The van der Waals surface area contributed by atoms with Crippen LogP contribution >= 0.6 is 0 Å². The minimum atomic E-state index is -4.43. The number of alkyl halides is 3. The number of amides is 1. The van der Waals surface area contributed by atoms with Gasteiger partial charge < -0.3 is 5.73 Å². The van der Waals surface area contributed by atoms with Crippen LogP contribution in [0.3, 0.4) is 0 Å². The van der Waals surface area contributed by atoms with Crippen LogP contribution in [0.25, 0.3) is 17.1 Å². The van der Waals surface area contributed by atoms with Crippen LogP contribution in [-0.4, -0.2) is 20.7 Å². The number of carbonyl (C=O) groups excluding carboxylic acids is 1. The van der Waals surface area contributed by atoms with Crippen LogP contribution in [0.2, 0.25) is 0 Å². The monoisotopic (exact) mass is 332 g/mol. The number of halogens is 3. The summed E-state index contributed by atoms with van der Waals surface area (Å²) in [4.78, 5) is 15.5. The topological polar surface area (TPSA) is 73.8 Å². The Hall–Kier alpha value is -3.16. The molecule has 122 valence electrons. The van der Waals surface area contributed by atoms with E-state index in [-0.39, 0.29) is 11.4 Å². The molecule has 2 aromatic heterocycles. The third-order valence-electron chi connectivity index (χ3n) is 3.34. The first-order chi connectivity index (χ1) is 11.4. The van der Waals surface area contributed by atoms with Gasteiger partial charge in [0.1, 0.15) is 0 Å². The van der Waals surface area contributed by atoms with Crippen LogP contribution in [0.4, 0.5) is 13.2 Å². The zero-order valence-electron chi connectivity index (χ0n) is 12.2. The molecule has 0 bridgehead atoms. The number of aromatic nitrogens is 3. The van der Waals surface area contributed by atoms with E-state index >= 15 is 0 Å². The van der Waals surface area contributed by atoms with Gasteiger partial charge in [0.25, 0.3) is 5.91 Å². The van der Waals surface area contributed by atoms with Crippen molar-refractivity contribution in [2.24, 2.45) is 5.73 Å². The largest absolute Gasteiger partial charge is 0.416 e. The molecule has 2 heterocycles. The Morgan fingerprint density at radius 2 is 1.92 bits per heavy atom. The molecule has 2 N–H and O–H groups in total. The summed E-state index contributed by atoms with van der Waals surface area (Å²) in [6.45, 7) is 0. The highest BCUT2D eigenvalue weighted by molar-refractivity contribution is 5.95. The number of nitrogens with zero attached hydrogens (tertiary/aromatic N) is 3. The van der Waals surface area contributed by atoms with Gasteiger partial charge in [0, 0.05) is 18.0 Å². The van der Waals surface area contributed by atoms with Crippen molar-refractivity contribution in [3.63, 3.8) is 0 Å². The summed E-state index contributed by atoms with van der Waals surface area (Å²) < 4.78 is 39.7. The van der Waals surface area contributed by atoms with E-state index in [9.17, 15) is 18.0 Å². The Balaban J connectivity index is 2.02. The predicted molar refractivity (Wildman–Crippen MR) is 80.3 cm³/mol. The molecule has 0 radical (unpaired) electrons. The lowest BCUT2D eigenvalue weighted by molar-refractivity contribution is -0.137. The van der Waals surface area contributed by atoms with Gasteiger partial charge in [-0.15, -0.1) is 0 Å². The summed E-state index contributed by atoms with van der Waals surface area (Å²) in [6.07, 6.45) is -1.46. The number of carbonyl (C=O) groups is 1. The first-order valence-electron chi connectivity index (χ1n) is 6.85. The van der Waals surface area contributed by atoms with Crippen molar-refractivity contribution >= 4 is 5.91 Å². The lowest BCUT2D eigenvalue weighted by atomic mass is 10.1. The van der Waals surface area contributed by atoms with Crippen LogP contribution in [-0.2, 0) is 6.18 Å². The number of hydrogen-bond donors (Lipinski definition) is 1. The van der Waals surface area contributed by atoms with Crippen molar-refractivity contribution in [2.75, 3.05) is 0 Å². The van der Waals surface area contributed by atoms with Gasteiger partial charge in [-0.3, -0.25) is 4.79 Å². The molecule has 1 amide bonds. The average molecular weight is 332 g/mol. The van der Waals surface area contributed by atoms with Crippen LogP contribution < -0.4 is 5.73 Å². The van der Waals surface area contributed by atoms with E-state index in [4.69, 9.17) is 5.73 Å². The van der Waals surface area contributed by atoms with Gasteiger partial charge >= 0.3 is 6.18 Å². The van der Waals surface area contributed by atoms with Crippen molar-refractivity contribution in [3.8, 4) is 17.1 Å². The molecule has 5 nitrogen and oxygen atoms in total. The molecule has 3 rings (SSSR count). The second kappa shape index (κ2) is 5.80. The van der Waals surface area contributed by atoms with Gasteiger partial charge in [0.2, 0.25) is 0 Å². The van der Waals surface area contributed by atoms with Gasteiger partial charge in [-0.2, -0.15) is 18.3 Å². The number of nitrogens with two attached hydrogens (primary N) is 1. The number of hydrogen-bond acceptors (Lipinski definition) is 3. The third kappa shape index (κ3) is 2.98. The maximum absolute atomic E-state index is 12.8. The van der Waals surface area contributed by atoms with E-state index in [2.05, 4.69) is 10.1 Å². The molecule has 0 aliphatic rings. The number of pyridine rings is 1. The van der Waals surface area contributed by atoms with Gasteiger partial charge in [0.05, 0.1) is 16.8 Å². The van der Waals surface area contributed by atoms with E-state index in [0.717, 1.165) is 12.1 Å². The summed E-state index contributed by atoms with van der Waals surface area (Å²) in [5.74, 6) is -0.461. The normalized spacial score (nSPS) is 11.5. The molecule has 3 aromatic rings. The van der Waals surface area contributed by atoms with Crippen molar-refractivity contribution in [3.05, 3.63) is 66.0 Å². The molecule has 0 aliphatic carbocycles. The molecule has 24 heavy (non-hydrogen) atoms. The first-order valence-corrected chi connectivity index (χ1v) is 6.85. The molecule has 0 saturated carbocycles. The van der Waals surface area contributed by atoms with Crippen LogP contribution in [0.15, 0.2) is 54.9 Å². The molecule has 0 fully saturated rings. The molecule has 0 atom stereocenters. The smallest absolute Gasteiger partial charge is 0.365 e. The molecular formula is C16H11F3N4O. The van der Waals surface area contributed by atoms with E-state index < -0.39 is 17.6 Å². The SMILES string of the molecule is NC(=O)c1cccnc1-n1ccc(-c2cccc(C(F)(F)F)c2)n1. The van der Waals surface area contributed by atoms with Gasteiger partial charge in [-0.05, 0) is 30.3 Å². The zero-order valence-corrected chi connectivity index (χ0v) is 12.2. The fourth-order valence-electron chi connectivity index (χ4n) is 2.22. The Bertz CT molecular complexity index is 902. The van der Waals surface area contributed by atoms with Crippen LogP contribution in [0.1, 0.15) is 15.9 Å². The molecule has 0 saturated heterocycles. The summed E-state index contributed by atoms with van der Waals surface area (Å²) >= 11 is 0. The maximum atomic E-state index is 12.8. The Labute approximate surface area is 134 Å². The number of benzene rings is 1. The molecular weight excluding hydrogens is 321 g/mol. The molecule has 0 spiro atoms. The molecule has 8 heteroatoms. The second-order valence-electron chi connectivity index (χ2n) is 4.96. The number of primary amides is 1. The predicted octanol–water partition coefficient (Wildman–Crippen LogP) is 3.05. The van der Waals surface area contributed by atoms with Crippen LogP contribution in [0.5, 0.6) is 0 Å². The molecule has 1 aromatic carbocycles. The van der Waals surface area contributed by atoms with E-state index in [0.29, 0.717) is 11.3 Å². The maximum Gasteiger partial charge on any atom is 0.416 e. The highest BCUT2D eigenvalue weighted by Gasteiger charge is 2.30. The standard InChI is InChI=1S/C16H11F3N4O/c17-16(18,19)11-4-1-3-10(9-11)13-6-8-23(22-13)15-12(14(20)24)5-2-7-21-15/h1-9H,(H2,20,24). The quantitative estimate of drug-likeness (QED) is 0.801. The third-order valence-corrected chi connectivity index (χ3v) is 3.34. The zero-order chi connectivity index (χ0) is 17.3. The Kier molecular flexibility index (Phi) is 3.80. The Morgan fingerprint density at radius 1 is 1.12 bits per heavy atom. The first kappa shape index (κ1) is 15.7. The summed E-state index contributed by atoms with van der Waals surface area (Å²) in [5.41, 5.74) is 5.32. The minimum Gasteiger partial charge on any atom is -0.365 e. The van der Waals surface area contributed by atoms with Crippen LogP contribution in [0, 0.1) is 0 Å². The van der Waals surface area contributed by atoms with E-state index in [1.54, 1.807) is 6.07 Å². The lowest BCUT2D eigenvalue weighted by Gasteiger charge is -2.07. The molecule has 0 unspecified atom stereocenters. The highest BCUT2D eigenvalue weighted by atomic mass is 19.4. The lowest BCUT2D eigenvalue weighted by Crippen LogP contribution is -2.16. The summed E-state index contributed by atoms with van der Waals surface area (Å²) in [6, 6.07) is 9.43. The highest BCUT2D eigenvalue weighted by Crippen LogP contribution is 2.31. The average Bonchev–Trinajstić information content (AvgIpc) is 3.04. The van der Waals surface area contributed by atoms with Crippen molar-refractivity contribution in [2.45, 2.75) is 6.18 Å².